The van der Waals surface area contributed by atoms with Crippen molar-refractivity contribution in [3.63, 3.8) is 0 Å². The number of amides is 1. The van der Waals surface area contributed by atoms with E-state index >= 15 is 0 Å². The molecule has 4 atom stereocenters. The average Bonchev–Trinajstić information content (AvgIpc) is 3.43. The lowest BCUT2D eigenvalue weighted by molar-refractivity contribution is -0.124. The zero-order chi connectivity index (χ0) is 22.9. The van der Waals surface area contributed by atoms with E-state index in [0.29, 0.717) is 37.4 Å². The second-order valence-electron chi connectivity index (χ2n) is 9.82. The summed E-state index contributed by atoms with van der Waals surface area (Å²) in [6, 6.07) is 10.2. The Morgan fingerprint density at radius 1 is 1.22 bits per heavy atom. The summed E-state index contributed by atoms with van der Waals surface area (Å²) >= 11 is 0. The van der Waals surface area contributed by atoms with Crippen molar-refractivity contribution in [2.45, 2.75) is 81.7 Å². The fourth-order valence-electron chi connectivity index (χ4n) is 5.44. The molecule has 1 saturated carbocycles. The quantitative estimate of drug-likeness (QED) is 0.649. The monoisotopic (exact) mass is 462 g/mol. The topological polar surface area (TPSA) is 102 Å². The van der Waals surface area contributed by atoms with Gasteiger partial charge in [-0.2, -0.15) is 5.26 Å². The summed E-state index contributed by atoms with van der Waals surface area (Å²) in [6.07, 6.45) is 5.43. The zero-order valence-electron chi connectivity index (χ0n) is 19.0. The van der Waals surface area contributed by atoms with Gasteiger partial charge < -0.3 is 10.6 Å². The van der Waals surface area contributed by atoms with Gasteiger partial charge in [0.2, 0.25) is 15.9 Å². The third kappa shape index (κ3) is 4.85. The fraction of sp³-hybridized carbons (Fsp3) is 0.667. The molecule has 1 unspecified atom stereocenters. The van der Waals surface area contributed by atoms with E-state index in [4.69, 9.17) is 0 Å². The summed E-state index contributed by atoms with van der Waals surface area (Å²) in [4.78, 5) is 12.6. The number of carbonyl (C=O) groups is 1. The molecular formula is C24H38N4O3S. The lowest BCUT2D eigenvalue weighted by Crippen LogP contribution is -2.50. The summed E-state index contributed by atoms with van der Waals surface area (Å²) in [5, 5.41) is 15.5. The molecule has 3 aliphatic rings. The Labute approximate surface area is 194 Å². The van der Waals surface area contributed by atoms with Gasteiger partial charge in [0.25, 0.3) is 0 Å². The summed E-state index contributed by atoms with van der Waals surface area (Å²) in [5.41, 5.74) is 2.22. The normalized spacial score (nSPS) is 27.4. The van der Waals surface area contributed by atoms with Crippen molar-refractivity contribution < 1.29 is 16.1 Å². The van der Waals surface area contributed by atoms with Crippen LogP contribution in [0.15, 0.2) is 24.3 Å². The van der Waals surface area contributed by atoms with E-state index in [-0.39, 0.29) is 20.1 Å². The maximum atomic E-state index is 12.6. The number of hydrogen-bond acceptors (Lipinski definition) is 5. The number of sulfonamides is 1. The van der Waals surface area contributed by atoms with Gasteiger partial charge in [0.15, 0.2) is 0 Å². The molecule has 7 nitrogen and oxygen atoms in total. The molecular weight excluding hydrogens is 424 g/mol. The number of nitriles is 1. The van der Waals surface area contributed by atoms with Gasteiger partial charge in [-0.1, -0.05) is 24.3 Å². The maximum absolute atomic E-state index is 12.6. The first kappa shape index (κ1) is 23.2. The maximum Gasteiger partial charge on any atom is 0.238 e. The number of fused-ring (bicyclic) bond motifs is 2. The average molecular weight is 463 g/mol. The lowest BCUT2D eigenvalue weighted by atomic mass is 9.89. The highest BCUT2D eigenvalue weighted by atomic mass is 32.2. The van der Waals surface area contributed by atoms with Crippen LogP contribution < -0.4 is 10.6 Å². The highest BCUT2D eigenvalue weighted by Crippen LogP contribution is 2.35. The number of carbonyl (C=O) groups excluding carboxylic acids is 1. The first-order chi connectivity index (χ1) is 15.3. The van der Waals surface area contributed by atoms with Crippen LogP contribution in [0.4, 0.5) is 0 Å². The second kappa shape index (κ2) is 9.50. The van der Waals surface area contributed by atoms with Gasteiger partial charge in [-0.25, -0.2) is 12.7 Å². The summed E-state index contributed by atoms with van der Waals surface area (Å²) in [7, 11) is -3.18. The van der Waals surface area contributed by atoms with Crippen LogP contribution in [-0.2, 0) is 21.2 Å². The van der Waals surface area contributed by atoms with Gasteiger partial charge in [0.05, 0.1) is 17.4 Å². The molecule has 32 heavy (non-hydrogen) atoms. The SMILES string of the molecule is CC(C)S(=O)(=O)N1CCC(c2ccc(C[C@@H](C#N)NC(=O)[C@H]3N[C@@H]4CCC3C4)cc2)CC1.[HH].[HH]. The van der Waals surface area contributed by atoms with Crippen molar-refractivity contribution in [3.05, 3.63) is 35.4 Å². The molecule has 178 valence electrons. The predicted octanol–water partition coefficient (Wildman–Crippen LogP) is 2.79. The van der Waals surface area contributed by atoms with Gasteiger partial charge in [-0.3, -0.25) is 4.79 Å². The van der Waals surface area contributed by atoms with Crippen molar-refractivity contribution in [2.24, 2.45) is 5.92 Å². The molecule has 0 aromatic heterocycles. The number of nitrogens with one attached hydrogen (secondary N) is 2. The Morgan fingerprint density at radius 3 is 2.44 bits per heavy atom. The van der Waals surface area contributed by atoms with Crippen LogP contribution in [0.5, 0.6) is 0 Å². The highest BCUT2D eigenvalue weighted by Gasteiger charge is 2.43. The Balaban J connectivity index is 0.00000204. The van der Waals surface area contributed by atoms with Gasteiger partial charge >= 0.3 is 0 Å². The predicted molar refractivity (Wildman–Crippen MR) is 128 cm³/mol. The number of rotatable bonds is 7. The molecule has 3 fully saturated rings. The number of benzene rings is 1. The third-order valence-corrected chi connectivity index (χ3v) is 9.69. The van der Waals surface area contributed by atoms with E-state index in [9.17, 15) is 18.5 Å². The largest absolute Gasteiger partial charge is 0.339 e. The number of piperidine rings is 2. The third-order valence-electron chi connectivity index (χ3n) is 7.42. The Morgan fingerprint density at radius 2 is 1.91 bits per heavy atom. The van der Waals surface area contributed by atoms with E-state index in [0.717, 1.165) is 37.7 Å². The first-order valence-corrected chi connectivity index (χ1v) is 13.3. The van der Waals surface area contributed by atoms with Crippen LogP contribution in [0.1, 0.15) is 65.8 Å². The number of nitrogens with zero attached hydrogens (tertiary/aromatic N) is 2. The molecule has 2 heterocycles. The standard InChI is InChI=1S/C24H34N4O3S.2H2/c1-16(2)32(30,31)28-11-9-19(10-12-28)18-5-3-17(4-6-18)13-22(15-25)27-24(29)23-20-7-8-21(14-20)26-23;;/h3-6,16,19-23,26H,7-14H2,1-2H3,(H,27,29);2*1H/t20?,21-,22+,23+;;/m1../s1. The molecule has 1 aromatic carbocycles. The fourth-order valence-corrected chi connectivity index (χ4v) is 6.76. The molecule has 2 N–H and O–H groups in total. The first-order valence-electron chi connectivity index (χ1n) is 11.8. The minimum atomic E-state index is -3.18. The Hall–Kier alpha value is -1.95. The summed E-state index contributed by atoms with van der Waals surface area (Å²) in [6.45, 7) is 4.58. The van der Waals surface area contributed by atoms with E-state index in [2.05, 4.69) is 28.8 Å². The van der Waals surface area contributed by atoms with Crippen LogP contribution in [-0.4, -0.2) is 55.1 Å². The second-order valence-corrected chi connectivity index (χ2v) is 12.3. The van der Waals surface area contributed by atoms with E-state index in [1.54, 1.807) is 18.2 Å². The molecule has 2 saturated heterocycles. The van der Waals surface area contributed by atoms with Gasteiger partial charge in [0, 0.05) is 28.4 Å². The Kier molecular flexibility index (Phi) is 6.89. The summed E-state index contributed by atoms with van der Waals surface area (Å²) < 4.78 is 26.4. The van der Waals surface area contributed by atoms with Crippen molar-refractivity contribution in [1.82, 2.24) is 14.9 Å². The van der Waals surface area contributed by atoms with Crippen LogP contribution in [0.3, 0.4) is 0 Å². The smallest absolute Gasteiger partial charge is 0.238 e. The van der Waals surface area contributed by atoms with Gasteiger partial charge in [-0.15, -0.1) is 0 Å². The molecule has 1 aliphatic carbocycles. The summed E-state index contributed by atoms with van der Waals surface area (Å²) in [5.74, 6) is 0.696. The molecule has 0 spiro atoms. The van der Waals surface area contributed by atoms with Crippen molar-refractivity contribution in [1.29, 1.82) is 5.26 Å². The van der Waals surface area contributed by atoms with E-state index < -0.39 is 16.1 Å². The zero-order valence-corrected chi connectivity index (χ0v) is 19.8. The molecule has 1 amide bonds. The van der Waals surface area contributed by atoms with Crippen molar-refractivity contribution >= 4 is 15.9 Å². The van der Waals surface area contributed by atoms with Crippen LogP contribution in [0.2, 0.25) is 0 Å². The molecule has 8 heteroatoms. The number of hydrogen-bond donors (Lipinski definition) is 2. The Bertz CT molecular complexity index is 973. The highest BCUT2D eigenvalue weighted by molar-refractivity contribution is 7.89. The minimum absolute atomic E-state index is 0. The van der Waals surface area contributed by atoms with Crippen LogP contribution >= 0.6 is 0 Å². The van der Waals surface area contributed by atoms with Crippen LogP contribution in [0, 0.1) is 17.2 Å². The molecule has 0 radical (unpaired) electrons. The van der Waals surface area contributed by atoms with Gasteiger partial charge in [-0.05, 0) is 68.9 Å². The molecule has 4 rings (SSSR count). The lowest BCUT2D eigenvalue weighted by Gasteiger charge is -2.32. The van der Waals surface area contributed by atoms with E-state index in [1.807, 2.05) is 12.1 Å². The van der Waals surface area contributed by atoms with Crippen molar-refractivity contribution in [3.8, 4) is 6.07 Å². The van der Waals surface area contributed by atoms with Crippen LogP contribution in [0.25, 0.3) is 0 Å². The molecule has 1 aromatic rings. The minimum Gasteiger partial charge on any atom is -0.339 e. The van der Waals surface area contributed by atoms with E-state index in [1.165, 1.54) is 5.56 Å². The van der Waals surface area contributed by atoms with Gasteiger partial charge in [0.1, 0.15) is 6.04 Å². The molecule has 2 aliphatic heterocycles. The van der Waals surface area contributed by atoms with Crippen molar-refractivity contribution in [2.75, 3.05) is 13.1 Å². The molecule has 2 bridgehead atoms.